The Balaban J connectivity index is 1.55. The molecule has 132 valence electrons. The van der Waals surface area contributed by atoms with Gasteiger partial charge in [-0.1, -0.05) is 12.8 Å². The number of rotatable bonds is 3. The van der Waals surface area contributed by atoms with Crippen LogP contribution in [0.5, 0.6) is 0 Å². The smallest absolute Gasteiger partial charge is 0.236 e. The minimum Gasteiger partial charge on any atom is -0.352 e. The number of carbonyl (C=O) groups excluding carboxylic acids is 1. The lowest BCUT2D eigenvalue weighted by Crippen LogP contribution is -2.42. The first-order valence-electron chi connectivity index (χ1n) is 9.09. The highest BCUT2D eigenvalue weighted by Gasteiger charge is 2.23. The van der Waals surface area contributed by atoms with Crippen LogP contribution in [-0.4, -0.2) is 66.5 Å². The van der Waals surface area contributed by atoms with Gasteiger partial charge in [0.15, 0.2) is 11.6 Å². The maximum absolute atomic E-state index is 13.9. The minimum absolute atomic E-state index is 0.209. The summed E-state index contributed by atoms with van der Waals surface area (Å²) in [6.45, 7) is 5.36. The highest BCUT2D eigenvalue weighted by atomic mass is 19.1. The normalized spacial score (nSPS) is 20.5. The molecular weight excluding hydrogens is 307 g/mol. The molecular formula is C18H27FN4O. The van der Waals surface area contributed by atoms with Gasteiger partial charge in [0.2, 0.25) is 5.91 Å². The van der Waals surface area contributed by atoms with Crippen LogP contribution in [0.3, 0.4) is 0 Å². The van der Waals surface area contributed by atoms with Crippen molar-refractivity contribution in [2.45, 2.75) is 32.1 Å². The van der Waals surface area contributed by atoms with Crippen molar-refractivity contribution in [3.05, 3.63) is 24.1 Å². The van der Waals surface area contributed by atoms with Crippen LogP contribution in [0.25, 0.3) is 0 Å². The molecule has 5 nitrogen and oxygen atoms in total. The van der Waals surface area contributed by atoms with Crippen LogP contribution in [0.2, 0.25) is 0 Å². The van der Waals surface area contributed by atoms with Crippen LogP contribution in [0.1, 0.15) is 32.1 Å². The van der Waals surface area contributed by atoms with E-state index in [1.807, 2.05) is 9.80 Å². The first-order chi connectivity index (χ1) is 11.7. The Hall–Kier alpha value is -1.69. The molecule has 0 radical (unpaired) electrons. The number of amides is 1. The van der Waals surface area contributed by atoms with Crippen LogP contribution in [0.15, 0.2) is 18.3 Å². The predicted molar refractivity (Wildman–Crippen MR) is 92.5 cm³/mol. The zero-order chi connectivity index (χ0) is 16.8. The van der Waals surface area contributed by atoms with Gasteiger partial charge in [0.1, 0.15) is 0 Å². The summed E-state index contributed by atoms with van der Waals surface area (Å²) in [7, 11) is 0. The monoisotopic (exact) mass is 334 g/mol. The van der Waals surface area contributed by atoms with E-state index >= 15 is 0 Å². The van der Waals surface area contributed by atoms with E-state index in [4.69, 9.17) is 0 Å². The number of nitrogens with zero attached hydrogens (tertiary/aromatic N) is 4. The third-order valence-electron chi connectivity index (χ3n) is 4.94. The largest absolute Gasteiger partial charge is 0.352 e. The van der Waals surface area contributed by atoms with Gasteiger partial charge < -0.3 is 9.80 Å². The SMILES string of the molecule is O=C(CN1CCCCCC1)N1CCCN(c2ncccc2F)CC1. The Labute approximate surface area is 143 Å². The first-order valence-corrected chi connectivity index (χ1v) is 9.09. The third-order valence-corrected chi connectivity index (χ3v) is 4.94. The van der Waals surface area contributed by atoms with Gasteiger partial charge in [-0.05, 0) is 44.5 Å². The number of pyridine rings is 1. The van der Waals surface area contributed by atoms with Gasteiger partial charge in [0.05, 0.1) is 6.54 Å². The Morgan fingerprint density at radius 3 is 2.54 bits per heavy atom. The van der Waals surface area contributed by atoms with Gasteiger partial charge in [-0.2, -0.15) is 0 Å². The summed E-state index contributed by atoms with van der Waals surface area (Å²) in [6.07, 6.45) is 7.41. The lowest BCUT2D eigenvalue weighted by molar-refractivity contribution is -0.132. The molecule has 2 saturated heterocycles. The quantitative estimate of drug-likeness (QED) is 0.849. The molecule has 0 aliphatic carbocycles. The second kappa shape index (κ2) is 8.42. The van der Waals surface area contributed by atoms with E-state index in [-0.39, 0.29) is 11.7 Å². The number of likely N-dealkylation sites (tertiary alicyclic amines) is 1. The fourth-order valence-corrected chi connectivity index (χ4v) is 3.57. The van der Waals surface area contributed by atoms with Crippen molar-refractivity contribution in [2.24, 2.45) is 0 Å². The van der Waals surface area contributed by atoms with Crippen molar-refractivity contribution in [1.29, 1.82) is 0 Å². The number of carbonyl (C=O) groups is 1. The molecule has 24 heavy (non-hydrogen) atoms. The molecule has 6 heteroatoms. The summed E-state index contributed by atoms with van der Waals surface area (Å²) in [5, 5.41) is 0. The Morgan fingerprint density at radius 1 is 1.00 bits per heavy atom. The summed E-state index contributed by atoms with van der Waals surface area (Å²) in [4.78, 5) is 23.0. The number of hydrogen-bond acceptors (Lipinski definition) is 4. The van der Waals surface area contributed by atoms with E-state index < -0.39 is 0 Å². The average Bonchev–Trinajstić information content (AvgIpc) is 2.98. The minimum atomic E-state index is -0.290. The molecule has 0 N–H and O–H groups in total. The van der Waals surface area contributed by atoms with Gasteiger partial charge >= 0.3 is 0 Å². The van der Waals surface area contributed by atoms with Crippen LogP contribution in [0.4, 0.5) is 10.2 Å². The summed E-state index contributed by atoms with van der Waals surface area (Å²) >= 11 is 0. The van der Waals surface area contributed by atoms with Gasteiger partial charge in [-0.15, -0.1) is 0 Å². The molecule has 0 spiro atoms. The summed E-state index contributed by atoms with van der Waals surface area (Å²) in [5.74, 6) is 0.321. The van der Waals surface area contributed by atoms with E-state index in [9.17, 15) is 9.18 Å². The highest BCUT2D eigenvalue weighted by Crippen LogP contribution is 2.17. The van der Waals surface area contributed by atoms with Gasteiger partial charge in [0, 0.05) is 32.4 Å². The molecule has 0 aromatic carbocycles. The zero-order valence-electron chi connectivity index (χ0n) is 14.3. The topological polar surface area (TPSA) is 39.7 Å². The van der Waals surface area contributed by atoms with Crippen LogP contribution >= 0.6 is 0 Å². The van der Waals surface area contributed by atoms with E-state index in [0.717, 1.165) is 32.6 Å². The highest BCUT2D eigenvalue weighted by molar-refractivity contribution is 5.78. The Kier molecular flexibility index (Phi) is 6.01. The molecule has 0 saturated carbocycles. The molecule has 3 heterocycles. The maximum atomic E-state index is 13.9. The number of hydrogen-bond donors (Lipinski definition) is 0. The molecule has 1 amide bonds. The molecule has 2 aliphatic heterocycles. The van der Waals surface area contributed by atoms with E-state index in [0.29, 0.717) is 25.5 Å². The molecule has 2 aliphatic rings. The summed E-state index contributed by atoms with van der Waals surface area (Å²) < 4.78 is 13.9. The third kappa shape index (κ3) is 4.44. The fraction of sp³-hybridized carbons (Fsp3) is 0.667. The van der Waals surface area contributed by atoms with Crippen molar-refractivity contribution in [3.63, 3.8) is 0 Å². The van der Waals surface area contributed by atoms with Crippen molar-refractivity contribution < 1.29 is 9.18 Å². The standard InChI is InChI=1S/C18H27FN4O/c19-16-7-5-8-20-18(16)23-12-6-11-22(13-14-23)17(24)15-21-9-3-1-2-4-10-21/h5,7-8H,1-4,6,9-15H2. The number of anilines is 1. The van der Waals surface area contributed by atoms with Gasteiger partial charge in [0.25, 0.3) is 0 Å². The van der Waals surface area contributed by atoms with Crippen molar-refractivity contribution in [1.82, 2.24) is 14.8 Å². The van der Waals surface area contributed by atoms with Crippen LogP contribution < -0.4 is 4.90 Å². The molecule has 0 bridgehead atoms. The molecule has 3 rings (SSSR count). The summed E-state index contributed by atoms with van der Waals surface area (Å²) in [5.41, 5.74) is 0. The Morgan fingerprint density at radius 2 is 1.79 bits per heavy atom. The lowest BCUT2D eigenvalue weighted by atomic mass is 10.2. The molecule has 0 unspecified atom stereocenters. The molecule has 0 atom stereocenters. The number of aromatic nitrogens is 1. The molecule has 1 aromatic heterocycles. The zero-order valence-corrected chi connectivity index (χ0v) is 14.3. The molecule has 2 fully saturated rings. The van der Waals surface area contributed by atoms with Crippen molar-refractivity contribution >= 4 is 11.7 Å². The van der Waals surface area contributed by atoms with Gasteiger partial charge in [-0.25, -0.2) is 9.37 Å². The second-order valence-electron chi connectivity index (χ2n) is 6.72. The van der Waals surface area contributed by atoms with E-state index in [1.165, 1.54) is 31.7 Å². The lowest BCUT2D eigenvalue weighted by Gasteiger charge is -2.26. The second-order valence-corrected chi connectivity index (χ2v) is 6.72. The maximum Gasteiger partial charge on any atom is 0.236 e. The van der Waals surface area contributed by atoms with Crippen LogP contribution in [0, 0.1) is 5.82 Å². The predicted octanol–water partition coefficient (Wildman–Crippen LogP) is 2.14. The summed E-state index contributed by atoms with van der Waals surface area (Å²) in [6, 6.07) is 3.04. The van der Waals surface area contributed by atoms with Gasteiger partial charge in [-0.3, -0.25) is 9.69 Å². The first kappa shape index (κ1) is 17.1. The van der Waals surface area contributed by atoms with Crippen LogP contribution in [-0.2, 0) is 4.79 Å². The van der Waals surface area contributed by atoms with Crippen molar-refractivity contribution in [3.8, 4) is 0 Å². The Bertz CT molecular complexity index is 546. The molecule has 1 aromatic rings. The van der Waals surface area contributed by atoms with E-state index in [1.54, 1.807) is 12.3 Å². The average molecular weight is 334 g/mol. The fourth-order valence-electron chi connectivity index (χ4n) is 3.57. The van der Waals surface area contributed by atoms with Crippen molar-refractivity contribution in [2.75, 3.05) is 50.7 Å². The number of halogens is 1. The van der Waals surface area contributed by atoms with E-state index in [2.05, 4.69) is 9.88 Å².